The molecule has 0 aliphatic rings. The van der Waals surface area contributed by atoms with Gasteiger partial charge in [0, 0.05) is 19.4 Å². The van der Waals surface area contributed by atoms with Crippen LogP contribution in [-0.2, 0) is 32.7 Å². The molecule has 0 saturated heterocycles. The summed E-state index contributed by atoms with van der Waals surface area (Å²) in [6.45, 7) is 3.70. The molecule has 3 N–H and O–H groups in total. The van der Waals surface area contributed by atoms with Crippen LogP contribution in [0.25, 0.3) is 0 Å². The standard InChI is InChI=1S/C34H68NO8P/c1-3-5-7-9-11-13-14-15-16-17-18-19-21-22-24-26-33(36)40-30-32(31-42-44(38,39)41-29-28-35)43-34(37)27-25-23-20-12-10-8-6-4-2/h32H,3-31,35H2,1-2H3,(H,38,39)/t32-/m0/s1. The average molecular weight is 650 g/mol. The van der Waals surface area contributed by atoms with Crippen molar-refractivity contribution in [2.24, 2.45) is 5.73 Å². The van der Waals surface area contributed by atoms with Gasteiger partial charge in [-0.1, -0.05) is 149 Å². The first-order chi connectivity index (χ1) is 21.3. The van der Waals surface area contributed by atoms with E-state index in [1.165, 1.54) is 103 Å². The van der Waals surface area contributed by atoms with E-state index in [0.717, 1.165) is 38.5 Å². The van der Waals surface area contributed by atoms with Crippen LogP contribution in [0.3, 0.4) is 0 Å². The lowest BCUT2D eigenvalue weighted by Gasteiger charge is -2.19. The summed E-state index contributed by atoms with van der Waals surface area (Å²) >= 11 is 0. The minimum atomic E-state index is -4.35. The van der Waals surface area contributed by atoms with Gasteiger partial charge in [0.05, 0.1) is 13.2 Å². The molecule has 0 aliphatic heterocycles. The van der Waals surface area contributed by atoms with Gasteiger partial charge >= 0.3 is 19.8 Å². The summed E-state index contributed by atoms with van der Waals surface area (Å²) in [7, 11) is -4.35. The number of nitrogens with two attached hydrogens (primary N) is 1. The lowest BCUT2D eigenvalue weighted by molar-refractivity contribution is -0.161. The van der Waals surface area contributed by atoms with Crippen molar-refractivity contribution in [3.63, 3.8) is 0 Å². The van der Waals surface area contributed by atoms with Crippen LogP contribution in [-0.4, -0.2) is 49.3 Å². The minimum Gasteiger partial charge on any atom is -0.462 e. The summed E-state index contributed by atoms with van der Waals surface area (Å²) in [4.78, 5) is 34.5. The quantitative estimate of drug-likeness (QED) is 0.0397. The summed E-state index contributed by atoms with van der Waals surface area (Å²) in [5, 5.41) is 0. The van der Waals surface area contributed by atoms with Crippen LogP contribution in [0.2, 0.25) is 0 Å². The van der Waals surface area contributed by atoms with E-state index in [4.69, 9.17) is 24.3 Å². The van der Waals surface area contributed by atoms with Crippen molar-refractivity contribution in [1.29, 1.82) is 0 Å². The molecule has 0 aromatic carbocycles. The van der Waals surface area contributed by atoms with Gasteiger partial charge in [0.2, 0.25) is 0 Å². The molecule has 0 saturated carbocycles. The SMILES string of the molecule is CCCCCCCCCCCCCCCCCC(=O)OC[C@@H](COP(=O)(O)OCCN)OC(=O)CCCCCCCCCC. The molecular formula is C34H68NO8P. The molecule has 0 heterocycles. The van der Waals surface area contributed by atoms with Crippen molar-refractivity contribution < 1.29 is 37.6 Å². The van der Waals surface area contributed by atoms with Gasteiger partial charge in [-0.15, -0.1) is 0 Å². The van der Waals surface area contributed by atoms with Crippen LogP contribution in [0.15, 0.2) is 0 Å². The van der Waals surface area contributed by atoms with Gasteiger partial charge in [-0.3, -0.25) is 18.6 Å². The molecule has 44 heavy (non-hydrogen) atoms. The Morgan fingerprint density at radius 3 is 1.39 bits per heavy atom. The molecule has 2 atom stereocenters. The van der Waals surface area contributed by atoms with Crippen molar-refractivity contribution in [1.82, 2.24) is 0 Å². The van der Waals surface area contributed by atoms with E-state index in [-0.39, 0.29) is 38.6 Å². The topological polar surface area (TPSA) is 134 Å². The number of carbonyl (C=O) groups excluding carboxylic acids is 2. The van der Waals surface area contributed by atoms with Crippen molar-refractivity contribution in [2.45, 2.75) is 180 Å². The van der Waals surface area contributed by atoms with Gasteiger partial charge in [0.25, 0.3) is 0 Å². The van der Waals surface area contributed by atoms with E-state index in [0.29, 0.717) is 6.42 Å². The summed E-state index contributed by atoms with van der Waals surface area (Å²) in [5.41, 5.74) is 5.31. The zero-order valence-corrected chi connectivity index (χ0v) is 29.3. The van der Waals surface area contributed by atoms with Crippen LogP contribution < -0.4 is 5.73 Å². The molecule has 0 aromatic heterocycles. The van der Waals surface area contributed by atoms with E-state index in [9.17, 15) is 19.0 Å². The van der Waals surface area contributed by atoms with Gasteiger partial charge in [0.15, 0.2) is 6.10 Å². The molecular weight excluding hydrogens is 581 g/mol. The highest BCUT2D eigenvalue weighted by Gasteiger charge is 2.25. The predicted octanol–water partition coefficient (Wildman–Crippen LogP) is 9.33. The minimum absolute atomic E-state index is 0.0574. The molecule has 0 aromatic rings. The zero-order valence-electron chi connectivity index (χ0n) is 28.4. The summed E-state index contributed by atoms with van der Waals surface area (Å²) < 4.78 is 32.5. The van der Waals surface area contributed by atoms with E-state index < -0.39 is 26.5 Å². The highest BCUT2D eigenvalue weighted by Crippen LogP contribution is 2.43. The molecule has 0 bridgehead atoms. The fourth-order valence-corrected chi connectivity index (χ4v) is 5.81. The number of ether oxygens (including phenoxy) is 2. The molecule has 9 nitrogen and oxygen atoms in total. The molecule has 0 rings (SSSR count). The van der Waals surface area contributed by atoms with Crippen LogP contribution >= 0.6 is 7.82 Å². The third kappa shape index (κ3) is 31.0. The van der Waals surface area contributed by atoms with Gasteiger partial charge in [-0.05, 0) is 12.8 Å². The Balaban J connectivity index is 4.15. The number of rotatable bonds is 34. The van der Waals surface area contributed by atoms with Gasteiger partial charge < -0.3 is 20.1 Å². The van der Waals surface area contributed by atoms with E-state index >= 15 is 0 Å². The zero-order chi connectivity index (χ0) is 32.6. The highest BCUT2D eigenvalue weighted by molar-refractivity contribution is 7.47. The van der Waals surface area contributed by atoms with Crippen LogP contribution in [0, 0.1) is 0 Å². The first-order valence-electron chi connectivity index (χ1n) is 18.0. The van der Waals surface area contributed by atoms with E-state index in [2.05, 4.69) is 13.8 Å². The number of esters is 2. The molecule has 10 heteroatoms. The number of unbranched alkanes of at least 4 members (excludes halogenated alkanes) is 21. The van der Waals surface area contributed by atoms with Gasteiger partial charge in [0.1, 0.15) is 6.61 Å². The molecule has 0 spiro atoms. The Labute approximate surface area is 269 Å². The van der Waals surface area contributed by atoms with E-state index in [1.54, 1.807) is 0 Å². The Hall–Kier alpha value is -0.990. The maximum atomic E-state index is 12.4. The smallest absolute Gasteiger partial charge is 0.462 e. The van der Waals surface area contributed by atoms with E-state index in [1.807, 2.05) is 0 Å². The van der Waals surface area contributed by atoms with Crippen molar-refractivity contribution in [2.75, 3.05) is 26.4 Å². The number of carbonyl (C=O) groups is 2. The second-order valence-electron chi connectivity index (χ2n) is 12.1. The lowest BCUT2D eigenvalue weighted by atomic mass is 10.0. The normalized spacial score (nSPS) is 13.5. The molecule has 0 aliphatic carbocycles. The fraction of sp³-hybridized carbons (Fsp3) is 0.941. The molecule has 0 amide bonds. The summed E-state index contributed by atoms with van der Waals surface area (Å²) in [6.07, 6.45) is 27.1. The second-order valence-corrected chi connectivity index (χ2v) is 13.6. The van der Waals surface area contributed by atoms with Crippen LogP contribution in [0.1, 0.15) is 174 Å². The van der Waals surface area contributed by atoms with Crippen molar-refractivity contribution >= 4 is 19.8 Å². The Morgan fingerprint density at radius 1 is 0.591 bits per heavy atom. The first kappa shape index (κ1) is 43.0. The van der Waals surface area contributed by atoms with Crippen molar-refractivity contribution in [3.05, 3.63) is 0 Å². The molecule has 262 valence electrons. The van der Waals surface area contributed by atoms with Gasteiger partial charge in [-0.25, -0.2) is 4.57 Å². The van der Waals surface area contributed by atoms with Crippen LogP contribution in [0.5, 0.6) is 0 Å². The van der Waals surface area contributed by atoms with Gasteiger partial charge in [-0.2, -0.15) is 0 Å². The lowest BCUT2D eigenvalue weighted by Crippen LogP contribution is -2.29. The highest BCUT2D eigenvalue weighted by atomic mass is 31.2. The number of hydrogen-bond acceptors (Lipinski definition) is 8. The number of phosphoric acid groups is 1. The molecule has 1 unspecified atom stereocenters. The van der Waals surface area contributed by atoms with Crippen molar-refractivity contribution in [3.8, 4) is 0 Å². The third-order valence-electron chi connectivity index (χ3n) is 7.74. The maximum absolute atomic E-state index is 12.4. The Morgan fingerprint density at radius 2 is 0.977 bits per heavy atom. The summed E-state index contributed by atoms with van der Waals surface area (Å²) in [6, 6.07) is 0. The largest absolute Gasteiger partial charge is 0.472 e. The first-order valence-corrected chi connectivity index (χ1v) is 19.5. The van der Waals surface area contributed by atoms with Crippen LogP contribution in [0.4, 0.5) is 0 Å². The third-order valence-corrected chi connectivity index (χ3v) is 8.73. The summed E-state index contributed by atoms with van der Waals surface area (Å²) in [5.74, 6) is -0.825. The molecule has 0 radical (unpaired) electrons. The number of phosphoric ester groups is 1. The Bertz CT molecular complexity index is 709. The number of hydrogen-bond donors (Lipinski definition) is 2. The monoisotopic (exact) mass is 649 g/mol. The predicted molar refractivity (Wildman–Crippen MR) is 178 cm³/mol. The average Bonchev–Trinajstić information content (AvgIpc) is 3.00. The molecule has 0 fully saturated rings. The maximum Gasteiger partial charge on any atom is 0.472 e. The fourth-order valence-electron chi connectivity index (χ4n) is 5.05. The second kappa shape index (κ2) is 32.0. The Kier molecular flexibility index (Phi) is 31.3.